The third-order valence-corrected chi connectivity index (χ3v) is 4.51. The number of carbonyl (C=O) groups is 1. The second-order valence-electron chi connectivity index (χ2n) is 5.23. The Bertz CT molecular complexity index is 738. The molecular weight excluding hydrogens is 334 g/mol. The number of aromatic nitrogens is 3. The Kier molecular flexibility index (Phi) is 7.47. The molecule has 2 aromatic rings. The first-order valence-corrected chi connectivity index (χ1v) is 9.34. The number of nitrogens with zero attached hydrogens (tertiary/aromatic N) is 3. The number of pyridine rings is 1. The second-order valence-corrected chi connectivity index (χ2v) is 6.24. The fraction of sp³-hybridized carbons (Fsp3) is 0.368. The fourth-order valence-corrected chi connectivity index (χ4v) is 3.05. The van der Waals surface area contributed by atoms with Gasteiger partial charge in [-0.05, 0) is 37.5 Å². The van der Waals surface area contributed by atoms with Crippen LogP contribution in [-0.2, 0) is 9.53 Å². The predicted molar refractivity (Wildman–Crippen MR) is 100 cm³/mol. The summed E-state index contributed by atoms with van der Waals surface area (Å²) < 4.78 is 5.46. The molecule has 0 radical (unpaired) electrons. The Morgan fingerprint density at radius 3 is 2.80 bits per heavy atom. The Hall–Kier alpha value is -2.34. The van der Waals surface area contributed by atoms with Crippen molar-refractivity contribution >= 4 is 17.3 Å². The third kappa shape index (κ3) is 5.60. The largest absolute Gasteiger partial charge is 0.455 e. The molecule has 1 unspecified atom stereocenters. The van der Waals surface area contributed by atoms with Crippen LogP contribution in [0.15, 0.2) is 48.2 Å². The van der Waals surface area contributed by atoms with Crippen LogP contribution in [0.4, 0.5) is 0 Å². The molecule has 5 nitrogen and oxygen atoms in total. The summed E-state index contributed by atoms with van der Waals surface area (Å²) in [5.41, 5.74) is 1.78. The molecule has 1 atom stereocenters. The van der Waals surface area contributed by atoms with Crippen molar-refractivity contribution in [3.8, 4) is 10.7 Å². The second kappa shape index (κ2) is 9.84. The van der Waals surface area contributed by atoms with E-state index in [0.717, 1.165) is 29.1 Å². The molecular formula is C19H23N3O2S. The Morgan fingerprint density at radius 1 is 1.28 bits per heavy atom. The quantitative estimate of drug-likeness (QED) is 0.712. The molecule has 6 heteroatoms. The minimum Gasteiger partial charge on any atom is -0.455 e. The molecule has 0 amide bonds. The van der Waals surface area contributed by atoms with Crippen LogP contribution in [-0.4, -0.2) is 21.2 Å². The van der Waals surface area contributed by atoms with Crippen LogP contribution in [0.25, 0.3) is 10.7 Å². The van der Waals surface area contributed by atoms with Crippen molar-refractivity contribution in [3.05, 3.63) is 53.2 Å². The van der Waals surface area contributed by atoms with Crippen molar-refractivity contribution in [2.75, 3.05) is 0 Å². The standard InChI is InChI=1S/C17H17N3O2S.C2H6/c1-12(22-15(21)11-13-7-3-2-4-8-13)16-19-20-17(23-16)14-9-5-6-10-18-14;1-2/h3,5-10,12H,2,4,11H2,1H3;1-2H3. The van der Waals surface area contributed by atoms with Crippen LogP contribution in [0.5, 0.6) is 0 Å². The van der Waals surface area contributed by atoms with Crippen LogP contribution in [0.2, 0.25) is 0 Å². The van der Waals surface area contributed by atoms with E-state index in [0.29, 0.717) is 11.4 Å². The first-order valence-electron chi connectivity index (χ1n) is 8.52. The van der Waals surface area contributed by atoms with E-state index < -0.39 is 6.10 Å². The highest BCUT2D eigenvalue weighted by atomic mass is 32.1. The van der Waals surface area contributed by atoms with Gasteiger partial charge in [-0.1, -0.05) is 49.5 Å². The van der Waals surface area contributed by atoms with Crippen molar-refractivity contribution in [2.45, 2.75) is 46.1 Å². The van der Waals surface area contributed by atoms with Crippen LogP contribution >= 0.6 is 11.3 Å². The lowest BCUT2D eigenvalue weighted by Gasteiger charge is -2.11. The minimum absolute atomic E-state index is 0.245. The number of hydrogen-bond acceptors (Lipinski definition) is 6. The first-order chi connectivity index (χ1) is 12.2. The number of rotatable bonds is 5. The van der Waals surface area contributed by atoms with Gasteiger partial charge in [-0.2, -0.15) is 0 Å². The first kappa shape index (κ1) is 19.0. The van der Waals surface area contributed by atoms with E-state index in [2.05, 4.69) is 27.3 Å². The molecule has 2 heterocycles. The van der Waals surface area contributed by atoms with Crippen molar-refractivity contribution < 1.29 is 9.53 Å². The molecule has 2 aromatic heterocycles. The molecule has 3 rings (SSSR count). The van der Waals surface area contributed by atoms with E-state index in [1.165, 1.54) is 11.3 Å². The van der Waals surface area contributed by atoms with Gasteiger partial charge in [0.15, 0.2) is 16.1 Å². The molecule has 0 saturated heterocycles. The average Bonchev–Trinajstić information content (AvgIpc) is 3.15. The molecule has 25 heavy (non-hydrogen) atoms. The van der Waals surface area contributed by atoms with Crippen molar-refractivity contribution in [1.29, 1.82) is 0 Å². The molecule has 1 aliphatic carbocycles. The molecule has 0 N–H and O–H groups in total. The summed E-state index contributed by atoms with van der Waals surface area (Å²) in [6.45, 7) is 5.81. The summed E-state index contributed by atoms with van der Waals surface area (Å²) in [7, 11) is 0. The number of ether oxygens (including phenoxy) is 1. The summed E-state index contributed by atoms with van der Waals surface area (Å²) in [5.74, 6) is -0.245. The van der Waals surface area contributed by atoms with Gasteiger partial charge in [0.05, 0.1) is 6.42 Å². The van der Waals surface area contributed by atoms with E-state index in [1.807, 2.05) is 45.0 Å². The summed E-state index contributed by atoms with van der Waals surface area (Å²) in [6, 6.07) is 5.63. The minimum atomic E-state index is -0.411. The van der Waals surface area contributed by atoms with Crippen LogP contribution < -0.4 is 0 Å². The van der Waals surface area contributed by atoms with E-state index >= 15 is 0 Å². The van der Waals surface area contributed by atoms with E-state index in [9.17, 15) is 4.79 Å². The number of allylic oxidation sites excluding steroid dienone is 3. The fourth-order valence-electron chi connectivity index (χ4n) is 2.25. The Balaban J connectivity index is 0.00000109. The molecule has 0 saturated carbocycles. The van der Waals surface area contributed by atoms with Crippen LogP contribution in [0, 0.1) is 0 Å². The maximum atomic E-state index is 12.0. The zero-order chi connectivity index (χ0) is 18.1. The van der Waals surface area contributed by atoms with Crippen molar-refractivity contribution in [3.63, 3.8) is 0 Å². The number of hydrogen-bond donors (Lipinski definition) is 0. The maximum Gasteiger partial charge on any atom is 0.310 e. The third-order valence-electron chi connectivity index (χ3n) is 3.40. The maximum absolute atomic E-state index is 12.0. The lowest BCUT2D eigenvalue weighted by atomic mass is 10.0. The Morgan fingerprint density at radius 2 is 2.12 bits per heavy atom. The molecule has 0 spiro atoms. The highest BCUT2D eigenvalue weighted by Gasteiger charge is 2.18. The van der Waals surface area contributed by atoms with Crippen LogP contribution in [0.3, 0.4) is 0 Å². The molecule has 0 bridgehead atoms. The zero-order valence-electron chi connectivity index (χ0n) is 14.8. The van der Waals surface area contributed by atoms with Gasteiger partial charge in [-0.15, -0.1) is 10.2 Å². The van der Waals surface area contributed by atoms with Gasteiger partial charge in [0.1, 0.15) is 5.69 Å². The van der Waals surface area contributed by atoms with E-state index in [4.69, 9.17) is 4.74 Å². The van der Waals surface area contributed by atoms with Gasteiger partial charge in [0.2, 0.25) is 0 Å². The van der Waals surface area contributed by atoms with Gasteiger partial charge in [-0.3, -0.25) is 9.78 Å². The van der Waals surface area contributed by atoms with Crippen molar-refractivity contribution in [1.82, 2.24) is 15.2 Å². The monoisotopic (exact) mass is 357 g/mol. The molecule has 0 aliphatic heterocycles. The summed E-state index contributed by atoms with van der Waals surface area (Å²) >= 11 is 1.39. The summed E-state index contributed by atoms with van der Waals surface area (Å²) in [5, 5.41) is 9.63. The van der Waals surface area contributed by atoms with E-state index in [1.54, 1.807) is 6.20 Å². The molecule has 132 valence electrons. The smallest absolute Gasteiger partial charge is 0.310 e. The molecule has 1 aliphatic rings. The highest BCUT2D eigenvalue weighted by molar-refractivity contribution is 7.14. The van der Waals surface area contributed by atoms with Crippen LogP contribution in [0.1, 0.15) is 51.1 Å². The van der Waals surface area contributed by atoms with Gasteiger partial charge in [-0.25, -0.2) is 0 Å². The summed E-state index contributed by atoms with van der Waals surface area (Å²) in [4.78, 5) is 16.3. The SMILES string of the molecule is CC.CC(OC(=O)CC1=CCCC=C1)c1nnc(-c2ccccn2)s1. The van der Waals surface area contributed by atoms with Crippen molar-refractivity contribution in [2.24, 2.45) is 0 Å². The highest BCUT2D eigenvalue weighted by Crippen LogP contribution is 2.27. The number of esters is 1. The predicted octanol–water partition coefficient (Wildman–Crippen LogP) is 4.90. The topological polar surface area (TPSA) is 65.0 Å². The lowest BCUT2D eigenvalue weighted by molar-refractivity contribution is -0.147. The zero-order valence-corrected chi connectivity index (χ0v) is 15.6. The normalized spacial score (nSPS) is 14.1. The average molecular weight is 357 g/mol. The summed E-state index contributed by atoms with van der Waals surface area (Å²) in [6.07, 6.45) is 9.77. The van der Waals surface area contributed by atoms with Gasteiger partial charge < -0.3 is 4.74 Å². The van der Waals surface area contributed by atoms with Gasteiger partial charge in [0, 0.05) is 6.20 Å². The van der Waals surface area contributed by atoms with Gasteiger partial charge in [0.25, 0.3) is 0 Å². The lowest BCUT2D eigenvalue weighted by Crippen LogP contribution is -2.09. The number of carbonyl (C=O) groups excluding carboxylic acids is 1. The molecule has 0 aromatic carbocycles. The van der Waals surface area contributed by atoms with E-state index in [-0.39, 0.29) is 5.97 Å². The van der Waals surface area contributed by atoms with Gasteiger partial charge >= 0.3 is 5.97 Å². The molecule has 0 fully saturated rings. The Labute approximate surface area is 152 Å².